The zero-order chi connectivity index (χ0) is 21.3. The van der Waals surface area contributed by atoms with E-state index in [2.05, 4.69) is 57.4 Å². The van der Waals surface area contributed by atoms with Crippen LogP contribution in [0.2, 0.25) is 0 Å². The van der Waals surface area contributed by atoms with Crippen molar-refractivity contribution in [1.82, 2.24) is 25.4 Å². The van der Waals surface area contributed by atoms with Crippen molar-refractivity contribution >= 4 is 41.3 Å². The van der Waals surface area contributed by atoms with Crippen molar-refractivity contribution in [2.45, 2.75) is 32.7 Å². The Hall–Kier alpha value is -2.14. The summed E-state index contributed by atoms with van der Waals surface area (Å²) in [5.41, 5.74) is 1.25. The monoisotopic (exact) mass is 554 g/mol. The number of aromatic nitrogens is 3. The number of guanidine groups is 1. The molecular formula is C22H31IN6OS. The first-order chi connectivity index (χ1) is 14.6. The summed E-state index contributed by atoms with van der Waals surface area (Å²) in [6.07, 6.45) is 0.897. The van der Waals surface area contributed by atoms with Crippen molar-refractivity contribution in [3.63, 3.8) is 0 Å². The molecular weight excluding hydrogens is 523 g/mol. The third-order valence-corrected chi connectivity index (χ3v) is 6.13. The zero-order valence-electron chi connectivity index (χ0n) is 18.5. The minimum atomic E-state index is 0. The molecule has 0 aliphatic rings. The molecule has 0 bridgehead atoms. The summed E-state index contributed by atoms with van der Waals surface area (Å²) >= 11 is 1.78. The van der Waals surface area contributed by atoms with Crippen molar-refractivity contribution in [1.29, 1.82) is 0 Å². The van der Waals surface area contributed by atoms with Gasteiger partial charge in [0.2, 0.25) is 0 Å². The molecule has 0 saturated heterocycles. The molecule has 0 fully saturated rings. The Morgan fingerprint density at radius 1 is 1.19 bits per heavy atom. The van der Waals surface area contributed by atoms with Gasteiger partial charge in [-0.1, -0.05) is 25.1 Å². The quantitative estimate of drug-likeness (QED) is 0.239. The highest BCUT2D eigenvalue weighted by Crippen LogP contribution is 2.19. The van der Waals surface area contributed by atoms with Crippen molar-refractivity contribution in [3.05, 3.63) is 63.9 Å². The molecule has 1 aromatic carbocycles. The van der Waals surface area contributed by atoms with E-state index >= 15 is 0 Å². The Balaban J connectivity index is 0.00000341. The van der Waals surface area contributed by atoms with Gasteiger partial charge >= 0.3 is 0 Å². The molecule has 2 aromatic heterocycles. The number of aryl methyl sites for hydroxylation is 1. The predicted octanol–water partition coefficient (Wildman–Crippen LogP) is 3.89. The normalized spacial score (nSPS) is 12.2. The fraction of sp³-hybridized carbons (Fsp3) is 0.409. The number of thiophene rings is 1. The van der Waals surface area contributed by atoms with Crippen molar-refractivity contribution in [2.24, 2.45) is 12.0 Å². The molecule has 168 valence electrons. The molecule has 0 aliphatic heterocycles. The molecule has 0 amide bonds. The van der Waals surface area contributed by atoms with Gasteiger partial charge in [-0.25, -0.2) is 4.99 Å². The first-order valence-electron chi connectivity index (χ1n) is 10.1. The van der Waals surface area contributed by atoms with E-state index < -0.39 is 0 Å². The summed E-state index contributed by atoms with van der Waals surface area (Å²) in [7, 11) is 3.64. The minimum absolute atomic E-state index is 0. The number of halogens is 1. The number of methoxy groups -OCH3 is 1. The highest BCUT2D eigenvalue weighted by molar-refractivity contribution is 14.0. The number of aliphatic imine (C=N–C) groups is 1. The molecule has 7 nitrogen and oxygen atoms in total. The number of hydrogen-bond donors (Lipinski definition) is 2. The number of nitrogens with zero attached hydrogens (tertiary/aromatic N) is 4. The molecule has 0 spiro atoms. The highest BCUT2D eigenvalue weighted by Gasteiger charge is 2.09. The van der Waals surface area contributed by atoms with E-state index in [1.165, 1.54) is 10.4 Å². The maximum Gasteiger partial charge on any atom is 0.191 e. The number of ether oxygens (including phenoxy) is 1. The average molecular weight is 555 g/mol. The van der Waals surface area contributed by atoms with Crippen LogP contribution in [0.3, 0.4) is 0 Å². The average Bonchev–Trinajstić information content (AvgIpc) is 3.41. The van der Waals surface area contributed by atoms with Crippen LogP contribution in [0.25, 0.3) is 0 Å². The molecule has 1 unspecified atom stereocenters. The maximum absolute atomic E-state index is 5.23. The Kier molecular flexibility index (Phi) is 10.3. The van der Waals surface area contributed by atoms with Gasteiger partial charge < -0.3 is 19.9 Å². The second-order valence-corrected chi connectivity index (χ2v) is 8.19. The van der Waals surface area contributed by atoms with E-state index in [4.69, 9.17) is 9.73 Å². The van der Waals surface area contributed by atoms with Gasteiger partial charge in [-0.2, -0.15) is 0 Å². The summed E-state index contributed by atoms with van der Waals surface area (Å²) in [4.78, 5) is 6.10. The van der Waals surface area contributed by atoms with Crippen LogP contribution >= 0.6 is 35.3 Å². The standard InChI is InChI=1S/C22H30N6OS.HI/c1-16(20-6-5-13-30-20)14-24-22(25-15-21-27-26-17(2)28(21)3)23-12-11-18-7-9-19(29-4)10-8-18;/h5-10,13,16H,11-12,14-15H2,1-4H3,(H2,23,24,25);1H. The number of benzene rings is 1. The summed E-state index contributed by atoms with van der Waals surface area (Å²) in [5, 5.41) is 17.4. The molecule has 3 aromatic rings. The molecule has 0 aliphatic carbocycles. The summed E-state index contributed by atoms with van der Waals surface area (Å²) in [6, 6.07) is 12.4. The lowest BCUT2D eigenvalue weighted by Crippen LogP contribution is -2.40. The van der Waals surface area contributed by atoms with E-state index in [-0.39, 0.29) is 24.0 Å². The Morgan fingerprint density at radius 3 is 2.58 bits per heavy atom. The molecule has 2 N–H and O–H groups in total. The van der Waals surface area contributed by atoms with Crippen LogP contribution in [0.4, 0.5) is 0 Å². The summed E-state index contributed by atoms with van der Waals surface area (Å²) < 4.78 is 7.19. The van der Waals surface area contributed by atoms with E-state index in [1.54, 1.807) is 18.4 Å². The third-order valence-electron chi connectivity index (χ3n) is 5.03. The fourth-order valence-electron chi connectivity index (χ4n) is 2.95. The fourth-order valence-corrected chi connectivity index (χ4v) is 3.74. The topological polar surface area (TPSA) is 76.4 Å². The van der Waals surface area contributed by atoms with Gasteiger partial charge in [-0.3, -0.25) is 0 Å². The van der Waals surface area contributed by atoms with Crippen LogP contribution < -0.4 is 15.4 Å². The lowest BCUT2D eigenvalue weighted by molar-refractivity contribution is 0.414. The lowest BCUT2D eigenvalue weighted by atomic mass is 10.1. The minimum Gasteiger partial charge on any atom is -0.497 e. The Bertz CT molecular complexity index is 940. The number of hydrogen-bond acceptors (Lipinski definition) is 5. The van der Waals surface area contributed by atoms with Crippen molar-refractivity contribution in [2.75, 3.05) is 20.2 Å². The van der Waals surface area contributed by atoms with Crippen LogP contribution in [0, 0.1) is 6.92 Å². The molecule has 0 saturated carbocycles. The highest BCUT2D eigenvalue weighted by atomic mass is 127. The maximum atomic E-state index is 5.23. The van der Waals surface area contributed by atoms with Gasteiger partial charge in [0.1, 0.15) is 18.1 Å². The van der Waals surface area contributed by atoms with Gasteiger partial charge in [0.15, 0.2) is 11.8 Å². The first-order valence-corrected chi connectivity index (χ1v) is 11.0. The van der Waals surface area contributed by atoms with Gasteiger partial charge in [0.05, 0.1) is 7.11 Å². The Morgan fingerprint density at radius 2 is 1.97 bits per heavy atom. The van der Waals surface area contributed by atoms with Crippen molar-refractivity contribution < 1.29 is 4.74 Å². The molecule has 1 atom stereocenters. The number of nitrogens with one attached hydrogen (secondary N) is 2. The van der Waals surface area contributed by atoms with Gasteiger partial charge in [-0.05, 0) is 42.5 Å². The van der Waals surface area contributed by atoms with E-state index in [9.17, 15) is 0 Å². The van der Waals surface area contributed by atoms with Crippen LogP contribution in [0.1, 0.15) is 34.9 Å². The van der Waals surface area contributed by atoms with Crippen molar-refractivity contribution in [3.8, 4) is 5.75 Å². The third kappa shape index (κ3) is 7.49. The summed E-state index contributed by atoms with van der Waals surface area (Å²) in [6.45, 7) is 6.23. The largest absolute Gasteiger partial charge is 0.497 e. The number of rotatable bonds is 9. The Labute approximate surface area is 205 Å². The molecule has 2 heterocycles. The molecule has 3 rings (SSSR count). The van der Waals surface area contributed by atoms with Gasteiger partial charge in [0, 0.05) is 30.9 Å². The smallest absolute Gasteiger partial charge is 0.191 e. The second-order valence-electron chi connectivity index (χ2n) is 7.21. The molecule has 31 heavy (non-hydrogen) atoms. The predicted molar refractivity (Wildman–Crippen MR) is 138 cm³/mol. The van der Waals surface area contributed by atoms with E-state index in [0.29, 0.717) is 12.5 Å². The van der Waals surface area contributed by atoms with E-state index in [0.717, 1.165) is 42.9 Å². The second kappa shape index (κ2) is 12.7. The van der Waals surface area contributed by atoms with Crippen LogP contribution in [-0.4, -0.2) is 40.9 Å². The molecule has 0 radical (unpaired) electrons. The zero-order valence-corrected chi connectivity index (χ0v) is 21.6. The van der Waals surface area contributed by atoms with Crippen LogP contribution in [0.5, 0.6) is 5.75 Å². The van der Waals surface area contributed by atoms with Crippen LogP contribution in [-0.2, 0) is 20.0 Å². The van der Waals surface area contributed by atoms with Crippen LogP contribution in [0.15, 0.2) is 46.8 Å². The SMILES string of the molecule is COc1ccc(CCNC(=NCc2nnc(C)n2C)NCC(C)c2cccs2)cc1.I. The van der Waals surface area contributed by atoms with Gasteiger partial charge in [-0.15, -0.1) is 45.5 Å². The lowest BCUT2D eigenvalue weighted by Gasteiger charge is -2.16. The molecule has 9 heteroatoms. The first kappa shape index (κ1) is 25.1. The van der Waals surface area contributed by atoms with Gasteiger partial charge in [0.25, 0.3) is 0 Å². The summed E-state index contributed by atoms with van der Waals surface area (Å²) in [5.74, 6) is 3.80. The van der Waals surface area contributed by atoms with E-state index in [1.807, 2.05) is 30.7 Å².